The van der Waals surface area contributed by atoms with Gasteiger partial charge in [0.05, 0.1) is 0 Å². The van der Waals surface area contributed by atoms with Crippen LogP contribution < -0.4 is 5.73 Å². The van der Waals surface area contributed by atoms with Crippen LogP contribution in [0.3, 0.4) is 0 Å². The first-order chi connectivity index (χ1) is 8.77. The molecule has 0 aliphatic carbocycles. The Morgan fingerprint density at radius 3 is 2.50 bits per heavy atom. The van der Waals surface area contributed by atoms with Gasteiger partial charge in [0.1, 0.15) is 0 Å². The molecule has 0 fully saturated rings. The van der Waals surface area contributed by atoms with Crippen molar-refractivity contribution < 1.29 is 0 Å². The minimum absolute atomic E-state index is 0.294. The fourth-order valence-corrected chi connectivity index (χ4v) is 2.52. The van der Waals surface area contributed by atoms with Crippen molar-refractivity contribution in [3.63, 3.8) is 0 Å². The number of benzene rings is 2. The molecule has 0 bridgehead atoms. The maximum atomic E-state index is 6.06. The molecule has 2 aromatic carbocycles. The molecule has 1 atom stereocenters. The van der Waals surface area contributed by atoms with E-state index >= 15 is 0 Å². The highest BCUT2D eigenvalue weighted by Gasteiger charge is 2.14. The van der Waals surface area contributed by atoms with E-state index in [2.05, 4.69) is 42.4 Å². The van der Waals surface area contributed by atoms with Crippen LogP contribution in [-0.2, 0) is 0 Å². The third-order valence-electron chi connectivity index (χ3n) is 3.55. The molecular formula is C16H16N2. The summed E-state index contributed by atoms with van der Waals surface area (Å²) < 4.78 is 0. The Balaban J connectivity index is 2.13. The van der Waals surface area contributed by atoms with Gasteiger partial charge >= 0.3 is 0 Å². The summed E-state index contributed by atoms with van der Waals surface area (Å²) in [5, 5.41) is 1.27. The number of aromatic amines is 1. The summed E-state index contributed by atoms with van der Waals surface area (Å²) in [6.07, 6.45) is 2.09. The molecule has 2 heteroatoms. The Kier molecular flexibility index (Phi) is 2.56. The molecule has 1 unspecified atom stereocenters. The SMILES string of the molecule is CC(c1ccccc1N)c1c[nH]c2ccccc12. The number of anilines is 1. The smallest absolute Gasteiger partial charge is 0.0457 e. The predicted octanol–water partition coefficient (Wildman–Crippen LogP) is 3.90. The fourth-order valence-electron chi connectivity index (χ4n) is 2.52. The van der Waals surface area contributed by atoms with Crippen LogP contribution in [0.1, 0.15) is 24.0 Å². The summed E-state index contributed by atoms with van der Waals surface area (Å²) in [5.74, 6) is 0.294. The first-order valence-corrected chi connectivity index (χ1v) is 6.18. The van der Waals surface area contributed by atoms with Crippen molar-refractivity contribution in [2.24, 2.45) is 0 Å². The molecule has 0 aliphatic rings. The van der Waals surface area contributed by atoms with E-state index in [1.54, 1.807) is 0 Å². The van der Waals surface area contributed by atoms with E-state index in [0.29, 0.717) is 5.92 Å². The molecule has 0 aliphatic heterocycles. The number of aromatic nitrogens is 1. The van der Waals surface area contributed by atoms with Gasteiger partial charge < -0.3 is 10.7 Å². The standard InChI is InChI=1S/C16H16N2/c1-11(12-6-2-4-8-15(12)17)14-10-18-16-9-5-3-7-13(14)16/h2-11,18H,17H2,1H3. The second kappa shape index (κ2) is 4.22. The van der Waals surface area contributed by atoms with E-state index in [4.69, 9.17) is 5.73 Å². The van der Waals surface area contributed by atoms with Gasteiger partial charge in [0.25, 0.3) is 0 Å². The number of hydrogen-bond donors (Lipinski definition) is 2. The molecule has 1 aromatic heterocycles. The third-order valence-corrected chi connectivity index (χ3v) is 3.55. The lowest BCUT2D eigenvalue weighted by molar-refractivity contribution is 0.935. The van der Waals surface area contributed by atoms with Gasteiger partial charge in [0.15, 0.2) is 0 Å². The van der Waals surface area contributed by atoms with Gasteiger partial charge in [0, 0.05) is 28.7 Å². The van der Waals surface area contributed by atoms with E-state index in [1.807, 2.05) is 24.3 Å². The molecule has 18 heavy (non-hydrogen) atoms. The minimum atomic E-state index is 0.294. The first-order valence-electron chi connectivity index (χ1n) is 6.18. The second-order valence-corrected chi connectivity index (χ2v) is 4.64. The van der Waals surface area contributed by atoms with Gasteiger partial charge in [0.2, 0.25) is 0 Å². The van der Waals surface area contributed by atoms with Crippen LogP contribution in [0.4, 0.5) is 5.69 Å². The van der Waals surface area contributed by atoms with Gasteiger partial charge in [-0.15, -0.1) is 0 Å². The van der Waals surface area contributed by atoms with Crippen molar-refractivity contribution in [2.75, 3.05) is 5.73 Å². The average Bonchev–Trinajstić information content (AvgIpc) is 2.82. The van der Waals surface area contributed by atoms with E-state index in [1.165, 1.54) is 22.0 Å². The Morgan fingerprint density at radius 1 is 0.944 bits per heavy atom. The molecule has 3 rings (SSSR count). The molecule has 1 heterocycles. The molecule has 3 aromatic rings. The van der Waals surface area contributed by atoms with Gasteiger partial charge in [-0.3, -0.25) is 0 Å². The van der Waals surface area contributed by atoms with Crippen LogP contribution in [0.5, 0.6) is 0 Å². The molecule has 0 spiro atoms. The van der Waals surface area contributed by atoms with Crippen LogP contribution >= 0.6 is 0 Å². The van der Waals surface area contributed by atoms with E-state index < -0.39 is 0 Å². The molecular weight excluding hydrogens is 220 g/mol. The Hall–Kier alpha value is -2.22. The number of nitrogens with two attached hydrogens (primary N) is 1. The lowest BCUT2D eigenvalue weighted by atomic mass is 9.92. The number of nitrogen functional groups attached to an aromatic ring is 1. The third kappa shape index (κ3) is 1.66. The molecule has 0 amide bonds. The quantitative estimate of drug-likeness (QED) is 0.651. The number of nitrogens with one attached hydrogen (secondary N) is 1. The van der Waals surface area contributed by atoms with Crippen molar-refractivity contribution in [1.29, 1.82) is 0 Å². The Bertz CT molecular complexity index is 682. The van der Waals surface area contributed by atoms with E-state index in [0.717, 1.165) is 5.69 Å². The van der Waals surface area contributed by atoms with Crippen molar-refractivity contribution >= 4 is 16.6 Å². The first kappa shape index (κ1) is 10.9. The van der Waals surface area contributed by atoms with E-state index in [-0.39, 0.29) is 0 Å². The monoisotopic (exact) mass is 236 g/mol. The maximum absolute atomic E-state index is 6.06. The summed E-state index contributed by atoms with van der Waals surface area (Å²) in [4.78, 5) is 3.32. The fraction of sp³-hybridized carbons (Fsp3) is 0.125. The van der Waals surface area contributed by atoms with Gasteiger partial charge in [-0.05, 0) is 23.3 Å². The van der Waals surface area contributed by atoms with Crippen molar-refractivity contribution in [2.45, 2.75) is 12.8 Å². The topological polar surface area (TPSA) is 41.8 Å². The molecule has 90 valence electrons. The van der Waals surface area contributed by atoms with Crippen LogP contribution in [0, 0.1) is 0 Å². The van der Waals surface area contributed by atoms with Crippen molar-refractivity contribution in [1.82, 2.24) is 4.98 Å². The zero-order chi connectivity index (χ0) is 12.5. The zero-order valence-corrected chi connectivity index (χ0v) is 10.4. The van der Waals surface area contributed by atoms with Crippen LogP contribution in [-0.4, -0.2) is 4.98 Å². The summed E-state index contributed by atoms with van der Waals surface area (Å²) in [7, 11) is 0. The molecule has 0 radical (unpaired) electrons. The van der Waals surface area contributed by atoms with E-state index in [9.17, 15) is 0 Å². The second-order valence-electron chi connectivity index (χ2n) is 4.64. The normalized spacial score (nSPS) is 12.7. The lowest BCUT2D eigenvalue weighted by Gasteiger charge is -2.13. The number of fused-ring (bicyclic) bond motifs is 1. The molecule has 3 N–H and O–H groups in total. The van der Waals surface area contributed by atoms with Crippen molar-refractivity contribution in [3.8, 4) is 0 Å². The zero-order valence-electron chi connectivity index (χ0n) is 10.4. The van der Waals surface area contributed by atoms with Gasteiger partial charge in [-0.25, -0.2) is 0 Å². The number of para-hydroxylation sites is 2. The number of rotatable bonds is 2. The molecule has 0 saturated carbocycles. The van der Waals surface area contributed by atoms with Crippen LogP contribution in [0.15, 0.2) is 54.7 Å². The summed E-state index contributed by atoms with van der Waals surface area (Å²) in [5.41, 5.74) is 10.6. The largest absolute Gasteiger partial charge is 0.398 e. The van der Waals surface area contributed by atoms with Gasteiger partial charge in [-0.2, -0.15) is 0 Å². The summed E-state index contributed by atoms with van der Waals surface area (Å²) >= 11 is 0. The maximum Gasteiger partial charge on any atom is 0.0457 e. The summed E-state index contributed by atoms with van der Waals surface area (Å²) in [6.45, 7) is 2.20. The Morgan fingerprint density at radius 2 is 1.67 bits per heavy atom. The number of hydrogen-bond acceptors (Lipinski definition) is 1. The Labute approximate surface area is 106 Å². The lowest BCUT2D eigenvalue weighted by Crippen LogP contribution is -2.00. The molecule has 0 saturated heterocycles. The van der Waals surface area contributed by atoms with Crippen LogP contribution in [0.25, 0.3) is 10.9 Å². The number of H-pyrrole nitrogens is 1. The van der Waals surface area contributed by atoms with Crippen LogP contribution in [0.2, 0.25) is 0 Å². The average molecular weight is 236 g/mol. The highest BCUT2D eigenvalue weighted by molar-refractivity contribution is 5.84. The van der Waals surface area contributed by atoms with Gasteiger partial charge in [-0.1, -0.05) is 43.3 Å². The van der Waals surface area contributed by atoms with Crippen molar-refractivity contribution in [3.05, 3.63) is 65.9 Å². The highest BCUT2D eigenvalue weighted by Crippen LogP contribution is 2.32. The molecule has 2 nitrogen and oxygen atoms in total. The summed E-state index contributed by atoms with van der Waals surface area (Å²) in [6, 6.07) is 16.4. The highest BCUT2D eigenvalue weighted by atomic mass is 14.7. The predicted molar refractivity (Wildman–Crippen MR) is 76.7 cm³/mol. The minimum Gasteiger partial charge on any atom is -0.398 e.